The van der Waals surface area contributed by atoms with Gasteiger partial charge in [-0.3, -0.25) is 0 Å². The quantitative estimate of drug-likeness (QED) is 0.238. The molecule has 0 N–H and O–H groups in total. The number of hydrogen-bond acceptors (Lipinski definition) is 5. The van der Waals surface area contributed by atoms with Crippen molar-refractivity contribution in [3.8, 4) is 6.07 Å². The molecule has 1 aromatic rings. The third-order valence-electron chi connectivity index (χ3n) is 3.25. The number of nitriles is 1. The van der Waals surface area contributed by atoms with Crippen LogP contribution in [-0.2, 0) is 20.4 Å². The van der Waals surface area contributed by atoms with Crippen LogP contribution in [0.4, 0.5) is 0 Å². The van der Waals surface area contributed by atoms with Crippen LogP contribution in [0.2, 0.25) is 0 Å². The summed E-state index contributed by atoms with van der Waals surface area (Å²) in [5, 5.41) is 8.71. The van der Waals surface area contributed by atoms with Gasteiger partial charge in [-0.05, 0) is 68.0 Å². The molecule has 7 heteroatoms. The van der Waals surface area contributed by atoms with Gasteiger partial charge in [0.05, 0.1) is 38.9 Å². The minimum absolute atomic E-state index is 0.306. The van der Waals surface area contributed by atoms with Crippen LogP contribution in [0.25, 0.3) is 0 Å². The molecule has 1 aromatic carbocycles. The Morgan fingerprint density at radius 2 is 1.80 bits per heavy atom. The highest BCUT2D eigenvalue weighted by Gasteiger charge is 2.26. The lowest BCUT2D eigenvalue weighted by molar-refractivity contribution is 0.0785. The van der Waals surface area contributed by atoms with E-state index in [0.29, 0.717) is 44.9 Å². The van der Waals surface area contributed by atoms with Crippen LogP contribution in [0.3, 0.4) is 0 Å². The lowest BCUT2D eigenvalue weighted by Crippen LogP contribution is -2.34. The molecule has 0 fully saturated rings. The highest BCUT2D eigenvalue weighted by molar-refractivity contribution is 14.1. The van der Waals surface area contributed by atoms with Crippen LogP contribution in [0.5, 0.6) is 0 Å². The smallest absolute Gasteiger partial charge is 0.259 e. The van der Waals surface area contributed by atoms with Gasteiger partial charge in [0, 0.05) is 15.7 Å². The summed E-state index contributed by atoms with van der Waals surface area (Å²) in [6.45, 7) is 10.4. The van der Waals surface area contributed by atoms with E-state index in [4.69, 9.17) is 19.0 Å². The molecule has 0 aliphatic rings. The zero-order valence-electron chi connectivity index (χ0n) is 15.4. The van der Waals surface area contributed by atoms with E-state index in [9.17, 15) is 0 Å². The van der Waals surface area contributed by atoms with Crippen LogP contribution in [0.15, 0.2) is 24.3 Å². The second kappa shape index (κ2) is 13.0. The van der Waals surface area contributed by atoms with Crippen molar-refractivity contribution < 1.29 is 13.8 Å². The molecule has 0 heterocycles. The molecule has 0 spiro atoms. The van der Waals surface area contributed by atoms with E-state index in [0.717, 1.165) is 5.56 Å². The van der Waals surface area contributed by atoms with Gasteiger partial charge in [-0.25, -0.2) is 4.67 Å². The maximum Gasteiger partial charge on any atom is 0.259 e. The third-order valence-corrected chi connectivity index (χ3v) is 6.03. The minimum atomic E-state index is -1.19. The Morgan fingerprint density at radius 3 is 2.40 bits per heavy atom. The maximum absolute atomic E-state index is 8.71. The fourth-order valence-electron chi connectivity index (χ4n) is 2.30. The minimum Gasteiger partial charge on any atom is -0.374 e. The fraction of sp³-hybridized carbons (Fsp3) is 0.611. The number of rotatable bonds is 12. The van der Waals surface area contributed by atoms with Gasteiger partial charge in [0.15, 0.2) is 0 Å². The van der Waals surface area contributed by atoms with E-state index in [1.54, 1.807) is 0 Å². The Kier molecular flexibility index (Phi) is 11.8. The molecule has 0 bridgehead atoms. The predicted molar refractivity (Wildman–Crippen MR) is 110 cm³/mol. The lowest BCUT2D eigenvalue weighted by Gasteiger charge is -2.35. The van der Waals surface area contributed by atoms with E-state index < -0.39 is 8.53 Å². The molecule has 25 heavy (non-hydrogen) atoms. The van der Waals surface area contributed by atoms with Crippen molar-refractivity contribution >= 4 is 31.1 Å². The average molecular weight is 478 g/mol. The molecule has 0 saturated heterocycles. The van der Waals surface area contributed by atoms with Crippen molar-refractivity contribution in [3.63, 3.8) is 0 Å². The van der Waals surface area contributed by atoms with Crippen molar-refractivity contribution in [1.29, 1.82) is 5.26 Å². The predicted octanol–water partition coefficient (Wildman–Crippen LogP) is 5.10. The summed E-state index contributed by atoms with van der Waals surface area (Å²) in [6, 6.07) is 11.0. The van der Waals surface area contributed by atoms with Crippen LogP contribution < -0.4 is 0 Å². The summed E-state index contributed by atoms with van der Waals surface area (Å²) >= 11 is 2.30. The van der Waals surface area contributed by atoms with Crippen LogP contribution in [-0.4, -0.2) is 36.6 Å². The molecule has 1 atom stereocenters. The molecule has 0 saturated carbocycles. The highest BCUT2D eigenvalue weighted by Crippen LogP contribution is 2.45. The number of halogens is 1. The van der Waals surface area contributed by atoms with Crippen molar-refractivity contribution in [3.05, 3.63) is 33.4 Å². The molecule has 1 rings (SSSR count). The third kappa shape index (κ3) is 9.28. The van der Waals surface area contributed by atoms with E-state index >= 15 is 0 Å². The summed E-state index contributed by atoms with van der Waals surface area (Å²) in [7, 11) is -1.19. The van der Waals surface area contributed by atoms with Crippen molar-refractivity contribution in [2.45, 2.75) is 52.8 Å². The maximum atomic E-state index is 8.71. The molecule has 140 valence electrons. The molecule has 1 unspecified atom stereocenters. The molecule has 0 radical (unpaired) electrons. The number of nitrogens with zero attached hydrogens (tertiary/aromatic N) is 2. The molecular formula is C18H28IN2O3P. The van der Waals surface area contributed by atoms with Gasteiger partial charge in [0.1, 0.15) is 0 Å². The number of hydrogen-bond donors (Lipinski definition) is 0. The monoisotopic (exact) mass is 478 g/mol. The summed E-state index contributed by atoms with van der Waals surface area (Å²) in [6.07, 6.45) is 0.370. The fourth-order valence-corrected chi connectivity index (χ4v) is 4.49. The Morgan fingerprint density at radius 1 is 1.12 bits per heavy atom. The summed E-state index contributed by atoms with van der Waals surface area (Å²) < 4.78 is 20.9. The first-order chi connectivity index (χ1) is 12.0. The van der Waals surface area contributed by atoms with Gasteiger partial charge in [0.25, 0.3) is 8.53 Å². The van der Waals surface area contributed by atoms with Crippen molar-refractivity contribution in [1.82, 2.24) is 4.67 Å². The summed E-state index contributed by atoms with van der Waals surface area (Å²) in [5.41, 5.74) is 1.16. The molecule has 0 aromatic heterocycles. The zero-order chi connectivity index (χ0) is 18.7. The second-order valence-electron chi connectivity index (χ2n) is 6.06. The van der Waals surface area contributed by atoms with Gasteiger partial charge >= 0.3 is 0 Å². The van der Waals surface area contributed by atoms with Crippen molar-refractivity contribution in [2.75, 3.05) is 19.8 Å². The Balaban J connectivity index is 2.44. The van der Waals surface area contributed by atoms with Crippen LogP contribution in [0, 0.1) is 14.9 Å². The molecule has 5 nitrogen and oxygen atoms in total. The first kappa shape index (κ1) is 22.8. The number of benzene rings is 1. The lowest BCUT2D eigenvalue weighted by atomic mass is 10.2. The van der Waals surface area contributed by atoms with E-state index in [-0.39, 0.29) is 0 Å². The largest absolute Gasteiger partial charge is 0.374 e. The summed E-state index contributed by atoms with van der Waals surface area (Å²) in [5.74, 6) is 0. The second-order valence-corrected chi connectivity index (χ2v) is 8.76. The Labute approximate surface area is 166 Å². The average Bonchev–Trinajstić information content (AvgIpc) is 2.53. The van der Waals surface area contributed by atoms with Gasteiger partial charge in [-0.2, -0.15) is 5.26 Å². The topological polar surface area (TPSA) is 54.7 Å². The Hall–Kier alpha value is -0.290. The first-order valence-electron chi connectivity index (χ1n) is 8.49. The van der Waals surface area contributed by atoms with E-state index in [1.165, 1.54) is 3.57 Å². The molecular weight excluding hydrogens is 450 g/mol. The Bertz CT molecular complexity index is 529. The zero-order valence-corrected chi connectivity index (χ0v) is 18.5. The normalized spacial score (nSPS) is 12.8. The van der Waals surface area contributed by atoms with E-state index in [2.05, 4.69) is 79.2 Å². The van der Waals surface area contributed by atoms with Gasteiger partial charge in [-0.1, -0.05) is 12.1 Å². The van der Waals surface area contributed by atoms with Crippen molar-refractivity contribution in [2.24, 2.45) is 0 Å². The van der Waals surface area contributed by atoms with Gasteiger partial charge in [-0.15, -0.1) is 0 Å². The number of ether oxygens (including phenoxy) is 1. The van der Waals surface area contributed by atoms with E-state index in [1.807, 2.05) is 6.07 Å². The van der Waals surface area contributed by atoms with Gasteiger partial charge in [0.2, 0.25) is 0 Å². The molecule has 0 aliphatic heterocycles. The molecule has 0 aliphatic carbocycles. The summed E-state index contributed by atoms with van der Waals surface area (Å²) in [4.78, 5) is 0. The first-order valence-corrected chi connectivity index (χ1v) is 10.7. The standard InChI is InChI=1S/C18H28IN2O3P/c1-15(2)21(16(3)4)25(23-10-6-9-20)24-12-11-22-14-17-7-5-8-18(19)13-17/h5,7-8,13,15-16H,6,10-12,14H2,1-4H3. The highest BCUT2D eigenvalue weighted by atomic mass is 127. The van der Waals surface area contributed by atoms with Crippen LogP contribution >= 0.6 is 31.1 Å². The van der Waals surface area contributed by atoms with Gasteiger partial charge < -0.3 is 13.8 Å². The van der Waals surface area contributed by atoms with Crippen LogP contribution in [0.1, 0.15) is 39.7 Å². The molecule has 0 amide bonds. The SMILES string of the molecule is CC(C)N(C(C)C)P(OCCC#N)OCCOCc1cccc(I)c1.